The van der Waals surface area contributed by atoms with E-state index < -0.39 is 0 Å². The van der Waals surface area contributed by atoms with Crippen LogP contribution >= 0.6 is 34.2 Å². The zero-order valence-electron chi connectivity index (χ0n) is 11.0. The molecule has 3 rings (SSSR count). The van der Waals surface area contributed by atoms with E-state index in [1.165, 1.54) is 0 Å². The van der Waals surface area contributed by atoms with Crippen LogP contribution in [0.1, 0.15) is 0 Å². The van der Waals surface area contributed by atoms with Gasteiger partial charge in [-0.05, 0) is 58.5 Å². The highest BCUT2D eigenvalue weighted by Crippen LogP contribution is 2.22. The number of morpholine rings is 1. The second kappa shape index (κ2) is 6.71. The van der Waals surface area contributed by atoms with Crippen LogP contribution in [0.15, 0.2) is 24.3 Å². The van der Waals surface area contributed by atoms with Gasteiger partial charge in [-0.15, -0.1) is 0 Å². The molecule has 0 saturated carbocycles. The van der Waals surface area contributed by atoms with Crippen molar-refractivity contribution in [2.75, 3.05) is 31.2 Å². The molecule has 6 nitrogen and oxygen atoms in total. The minimum Gasteiger partial charge on any atom is -0.424 e. The van der Waals surface area contributed by atoms with Crippen LogP contribution in [0.4, 0.5) is 5.95 Å². The average molecular weight is 419 g/mol. The van der Waals surface area contributed by atoms with Crippen LogP contribution in [0.2, 0.25) is 5.28 Å². The zero-order valence-corrected chi connectivity index (χ0v) is 13.9. The topological polar surface area (TPSA) is 60.4 Å². The highest BCUT2D eigenvalue weighted by Gasteiger charge is 2.16. The number of anilines is 1. The highest BCUT2D eigenvalue weighted by atomic mass is 127. The number of halogens is 2. The van der Waals surface area contributed by atoms with Gasteiger partial charge in [0.2, 0.25) is 11.2 Å². The minimum absolute atomic E-state index is 0.118. The molecular weight excluding hydrogens is 407 g/mol. The Kier molecular flexibility index (Phi) is 4.71. The molecule has 21 heavy (non-hydrogen) atoms. The van der Waals surface area contributed by atoms with Crippen molar-refractivity contribution in [1.82, 2.24) is 15.0 Å². The lowest BCUT2D eigenvalue weighted by Crippen LogP contribution is -2.37. The summed E-state index contributed by atoms with van der Waals surface area (Å²) in [5, 5.41) is 0.118. The summed E-state index contributed by atoms with van der Waals surface area (Å²) in [4.78, 5) is 14.5. The number of ether oxygens (including phenoxy) is 2. The van der Waals surface area contributed by atoms with E-state index in [1.54, 1.807) is 0 Å². The third kappa shape index (κ3) is 3.92. The molecule has 1 aliphatic heterocycles. The second-order valence-electron chi connectivity index (χ2n) is 4.34. The minimum atomic E-state index is 0.118. The molecule has 0 bridgehead atoms. The molecule has 8 heteroatoms. The van der Waals surface area contributed by atoms with Crippen LogP contribution in [0.3, 0.4) is 0 Å². The number of benzene rings is 1. The number of hydrogen-bond donors (Lipinski definition) is 0. The van der Waals surface area contributed by atoms with Crippen LogP contribution < -0.4 is 9.64 Å². The first-order chi connectivity index (χ1) is 10.2. The monoisotopic (exact) mass is 418 g/mol. The Morgan fingerprint density at radius 2 is 1.81 bits per heavy atom. The molecular formula is C13H12ClIN4O2. The largest absolute Gasteiger partial charge is 0.424 e. The molecule has 0 amide bonds. The van der Waals surface area contributed by atoms with Crippen LogP contribution in [0.5, 0.6) is 11.8 Å². The molecule has 1 fully saturated rings. The van der Waals surface area contributed by atoms with E-state index in [0.717, 1.165) is 16.7 Å². The Balaban J connectivity index is 1.81. The van der Waals surface area contributed by atoms with Crippen LogP contribution in [-0.2, 0) is 4.74 Å². The van der Waals surface area contributed by atoms with Crippen LogP contribution in [0, 0.1) is 3.57 Å². The number of rotatable bonds is 3. The van der Waals surface area contributed by atoms with Gasteiger partial charge in [0.1, 0.15) is 5.75 Å². The lowest BCUT2D eigenvalue weighted by molar-refractivity contribution is 0.122. The Bertz CT molecular complexity index is 620. The van der Waals surface area contributed by atoms with E-state index in [2.05, 4.69) is 37.5 Å². The fourth-order valence-electron chi connectivity index (χ4n) is 1.88. The fraction of sp³-hybridized carbons (Fsp3) is 0.308. The molecule has 0 aliphatic carbocycles. The van der Waals surface area contributed by atoms with E-state index in [1.807, 2.05) is 29.2 Å². The van der Waals surface area contributed by atoms with Gasteiger partial charge in [0.05, 0.1) is 13.2 Å². The zero-order chi connectivity index (χ0) is 14.7. The molecule has 1 aliphatic rings. The molecule has 2 heterocycles. The van der Waals surface area contributed by atoms with E-state index in [-0.39, 0.29) is 11.3 Å². The van der Waals surface area contributed by atoms with E-state index in [0.29, 0.717) is 24.9 Å². The van der Waals surface area contributed by atoms with Crippen LogP contribution in [-0.4, -0.2) is 41.3 Å². The third-order valence-corrected chi connectivity index (χ3v) is 3.78. The molecule has 1 aromatic carbocycles. The molecule has 2 aromatic rings. The van der Waals surface area contributed by atoms with Gasteiger partial charge in [-0.1, -0.05) is 0 Å². The summed E-state index contributed by atoms with van der Waals surface area (Å²) in [5.74, 6) is 1.17. The van der Waals surface area contributed by atoms with Gasteiger partial charge in [-0.3, -0.25) is 0 Å². The summed E-state index contributed by atoms with van der Waals surface area (Å²) in [6, 6.07) is 7.79. The van der Waals surface area contributed by atoms with Crippen molar-refractivity contribution >= 4 is 40.1 Å². The van der Waals surface area contributed by atoms with Gasteiger partial charge < -0.3 is 14.4 Å². The van der Waals surface area contributed by atoms with Gasteiger partial charge in [-0.25, -0.2) is 0 Å². The smallest absolute Gasteiger partial charge is 0.328 e. The van der Waals surface area contributed by atoms with E-state index in [4.69, 9.17) is 21.1 Å². The predicted molar refractivity (Wildman–Crippen MR) is 87.1 cm³/mol. The first kappa shape index (κ1) is 14.7. The predicted octanol–water partition coefficient (Wildman–Crippen LogP) is 2.76. The maximum Gasteiger partial charge on any atom is 0.328 e. The molecule has 0 radical (unpaired) electrons. The van der Waals surface area contributed by atoms with Gasteiger partial charge in [-0.2, -0.15) is 15.0 Å². The van der Waals surface area contributed by atoms with Crippen molar-refractivity contribution in [3.63, 3.8) is 0 Å². The van der Waals surface area contributed by atoms with Crippen molar-refractivity contribution in [2.45, 2.75) is 0 Å². The number of aromatic nitrogens is 3. The first-order valence-corrected chi connectivity index (χ1v) is 7.84. The first-order valence-electron chi connectivity index (χ1n) is 6.38. The summed E-state index contributed by atoms with van der Waals surface area (Å²) in [6.45, 7) is 2.75. The molecule has 0 spiro atoms. The Morgan fingerprint density at radius 1 is 1.10 bits per heavy atom. The second-order valence-corrected chi connectivity index (χ2v) is 5.93. The third-order valence-electron chi connectivity index (χ3n) is 2.89. The van der Waals surface area contributed by atoms with Gasteiger partial charge in [0, 0.05) is 16.7 Å². The van der Waals surface area contributed by atoms with Crippen molar-refractivity contribution < 1.29 is 9.47 Å². The quantitative estimate of drug-likeness (QED) is 0.715. The summed E-state index contributed by atoms with van der Waals surface area (Å²) < 4.78 is 12.1. The maximum absolute atomic E-state index is 5.96. The van der Waals surface area contributed by atoms with Gasteiger partial charge >= 0.3 is 6.01 Å². The Hall–Kier alpha value is -1.19. The molecule has 1 saturated heterocycles. The summed E-state index contributed by atoms with van der Waals surface area (Å²) in [5.41, 5.74) is 0. The molecule has 0 unspecified atom stereocenters. The SMILES string of the molecule is Clc1nc(Oc2ccc(I)cc2)nc(N2CCOCC2)n1. The van der Waals surface area contributed by atoms with Gasteiger partial charge in [0.25, 0.3) is 0 Å². The number of hydrogen-bond acceptors (Lipinski definition) is 6. The van der Waals surface area contributed by atoms with Crippen molar-refractivity contribution in [3.8, 4) is 11.8 Å². The fourth-order valence-corrected chi connectivity index (χ4v) is 2.39. The van der Waals surface area contributed by atoms with Gasteiger partial charge in [0.15, 0.2) is 0 Å². The van der Waals surface area contributed by atoms with E-state index in [9.17, 15) is 0 Å². The van der Waals surface area contributed by atoms with Crippen molar-refractivity contribution in [1.29, 1.82) is 0 Å². The molecule has 0 atom stereocenters. The summed E-state index contributed by atoms with van der Waals surface area (Å²) >= 11 is 8.19. The van der Waals surface area contributed by atoms with Crippen molar-refractivity contribution in [2.24, 2.45) is 0 Å². The lowest BCUT2D eigenvalue weighted by atomic mass is 10.3. The molecule has 110 valence electrons. The average Bonchev–Trinajstić information content (AvgIpc) is 2.50. The molecule has 0 N–H and O–H groups in total. The summed E-state index contributed by atoms with van der Waals surface area (Å²) in [6.07, 6.45) is 0. The summed E-state index contributed by atoms with van der Waals surface area (Å²) in [7, 11) is 0. The Morgan fingerprint density at radius 3 is 2.52 bits per heavy atom. The van der Waals surface area contributed by atoms with Crippen LogP contribution in [0.25, 0.3) is 0 Å². The Labute approximate surface area is 140 Å². The van der Waals surface area contributed by atoms with E-state index >= 15 is 0 Å². The van der Waals surface area contributed by atoms with Crippen molar-refractivity contribution in [3.05, 3.63) is 33.1 Å². The molecule has 1 aromatic heterocycles. The standard InChI is InChI=1S/C13H12ClIN4O2/c14-11-16-12(19-5-7-20-8-6-19)18-13(17-11)21-10-3-1-9(15)2-4-10/h1-4H,5-8H2. The lowest BCUT2D eigenvalue weighted by Gasteiger charge is -2.26. The number of nitrogens with zero attached hydrogens (tertiary/aromatic N) is 4. The maximum atomic E-state index is 5.96. The normalized spacial score (nSPS) is 15.0. The highest BCUT2D eigenvalue weighted by molar-refractivity contribution is 14.1.